The summed E-state index contributed by atoms with van der Waals surface area (Å²) in [6.45, 7) is 1.37. The van der Waals surface area contributed by atoms with Gasteiger partial charge in [0.2, 0.25) is 5.91 Å². The highest BCUT2D eigenvalue weighted by atomic mass is 19.1. The molecule has 110 valence electrons. The third-order valence-corrected chi connectivity index (χ3v) is 3.60. The van der Waals surface area contributed by atoms with Crippen LogP contribution < -0.4 is 0 Å². The number of nitrogens with zero attached hydrogens (tertiary/aromatic N) is 2. The molecular formula is C15H21FN2O2. The Morgan fingerprint density at radius 2 is 2.15 bits per heavy atom. The molecule has 0 radical (unpaired) electrons. The van der Waals surface area contributed by atoms with Gasteiger partial charge in [0, 0.05) is 13.1 Å². The van der Waals surface area contributed by atoms with Gasteiger partial charge in [0.25, 0.3) is 0 Å². The van der Waals surface area contributed by atoms with Crippen LogP contribution in [-0.4, -0.2) is 60.1 Å². The lowest BCUT2D eigenvalue weighted by atomic mass is 10.0. The Hall–Kier alpha value is -1.46. The highest BCUT2D eigenvalue weighted by molar-refractivity contribution is 5.79. The van der Waals surface area contributed by atoms with Gasteiger partial charge in [-0.25, -0.2) is 4.39 Å². The lowest BCUT2D eigenvalue weighted by Gasteiger charge is -2.26. The summed E-state index contributed by atoms with van der Waals surface area (Å²) in [5.74, 6) is -0.492. The molecule has 20 heavy (non-hydrogen) atoms. The molecular weight excluding hydrogens is 259 g/mol. The van der Waals surface area contributed by atoms with Crippen molar-refractivity contribution < 1.29 is 14.3 Å². The minimum absolute atomic E-state index is 0.0463. The molecule has 0 bridgehead atoms. The molecule has 1 fully saturated rings. The van der Waals surface area contributed by atoms with E-state index in [9.17, 15) is 14.3 Å². The van der Waals surface area contributed by atoms with Crippen molar-refractivity contribution in [1.82, 2.24) is 9.80 Å². The number of likely N-dealkylation sites (N-methyl/N-ethyl adjacent to an activating group) is 1. The summed E-state index contributed by atoms with van der Waals surface area (Å²) < 4.78 is 13.5. The first-order chi connectivity index (χ1) is 9.39. The number of benzene rings is 1. The van der Waals surface area contributed by atoms with Crippen LogP contribution in [0.4, 0.5) is 4.39 Å². The van der Waals surface area contributed by atoms with E-state index in [0.29, 0.717) is 31.6 Å². The molecule has 0 aliphatic carbocycles. The van der Waals surface area contributed by atoms with Crippen LogP contribution in [0.15, 0.2) is 24.3 Å². The second-order valence-electron chi connectivity index (χ2n) is 5.80. The van der Waals surface area contributed by atoms with Gasteiger partial charge in [-0.15, -0.1) is 0 Å². The summed E-state index contributed by atoms with van der Waals surface area (Å²) in [6.07, 6.45) is 0.610. The minimum Gasteiger partial charge on any atom is -0.387 e. The van der Waals surface area contributed by atoms with Crippen molar-refractivity contribution in [3.63, 3.8) is 0 Å². The normalized spacial score (nSPS) is 22.6. The van der Waals surface area contributed by atoms with E-state index in [1.54, 1.807) is 23.1 Å². The second kappa shape index (κ2) is 5.89. The van der Waals surface area contributed by atoms with Crippen molar-refractivity contribution in [3.05, 3.63) is 35.6 Å². The van der Waals surface area contributed by atoms with E-state index in [4.69, 9.17) is 0 Å². The van der Waals surface area contributed by atoms with Gasteiger partial charge in [-0.3, -0.25) is 4.79 Å². The van der Waals surface area contributed by atoms with Crippen molar-refractivity contribution in [2.24, 2.45) is 0 Å². The topological polar surface area (TPSA) is 43.8 Å². The van der Waals surface area contributed by atoms with Crippen LogP contribution in [0.2, 0.25) is 0 Å². The van der Waals surface area contributed by atoms with Gasteiger partial charge in [-0.2, -0.15) is 0 Å². The van der Waals surface area contributed by atoms with Crippen LogP contribution >= 0.6 is 0 Å². The summed E-state index contributed by atoms with van der Waals surface area (Å²) >= 11 is 0. The first-order valence-electron chi connectivity index (χ1n) is 6.78. The Balaban J connectivity index is 1.97. The Morgan fingerprint density at radius 3 is 2.80 bits per heavy atom. The first kappa shape index (κ1) is 14.9. The molecule has 1 aromatic rings. The maximum atomic E-state index is 13.5. The molecule has 1 aliphatic heterocycles. The summed E-state index contributed by atoms with van der Waals surface area (Å²) in [4.78, 5) is 15.7. The number of β-amino-alcohol motifs (C(OH)–C–C–N with tert-alkyl or cyclic N) is 1. The molecule has 1 heterocycles. The van der Waals surface area contributed by atoms with E-state index in [0.717, 1.165) is 0 Å². The van der Waals surface area contributed by atoms with E-state index in [1.807, 2.05) is 19.0 Å². The zero-order valence-corrected chi connectivity index (χ0v) is 12.0. The molecule has 2 rings (SSSR count). The number of rotatable bonds is 4. The molecule has 4 nitrogen and oxygen atoms in total. The summed E-state index contributed by atoms with van der Waals surface area (Å²) in [7, 11) is 3.78. The Kier molecular flexibility index (Phi) is 4.40. The average Bonchev–Trinajstić information content (AvgIpc) is 2.73. The molecule has 0 unspecified atom stereocenters. The molecule has 0 saturated carbocycles. The van der Waals surface area contributed by atoms with Gasteiger partial charge in [0.05, 0.1) is 18.6 Å². The van der Waals surface area contributed by atoms with Crippen LogP contribution in [0.5, 0.6) is 0 Å². The predicted molar refractivity (Wildman–Crippen MR) is 74.8 cm³/mol. The predicted octanol–water partition coefficient (Wildman–Crippen LogP) is 0.893. The van der Waals surface area contributed by atoms with Crippen LogP contribution in [0.25, 0.3) is 0 Å². The standard InChI is InChI=1S/C15H21FN2O2/c1-17(2)10-15(20)7-8-18(11-15)14(19)9-12-5-3-4-6-13(12)16/h3-6,20H,7-11H2,1-2H3/t15-/m0/s1. The molecule has 0 spiro atoms. The third-order valence-electron chi connectivity index (χ3n) is 3.60. The SMILES string of the molecule is CN(C)C[C@@]1(O)CCN(C(=O)Cc2ccccc2F)C1. The van der Waals surface area contributed by atoms with Gasteiger partial charge in [-0.1, -0.05) is 18.2 Å². The number of hydrogen-bond acceptors (Lipinski definition) is 3. The number of aliphatic hydroxyl groups is 1. The number of amides is 1. The van der Waals surface area contributed by atoms with Crippen molar-refractivity contribution in [2.45, 2.75) is 18.4 Å². The van der Waals surface area contributed by atoms with E-state index in [1.165, 1.54) is 6.07 Å². The summed E-state index contributed by atoms with van der Waals surface area (Å²) in [5, 5.41) is 10.4. The van der Waals surface area contributed by atoms with Gasteiger partial charge in [-0.05, 0) is 32.1 Å². The molecule has 1 aliphatic rings. The van der Waals surface area contributed by atoms with Gasteiger partial charge >= 0.3 is 0 Å². The molecule has 1 saturated heterocycles. The molecule has 1 N–H and O–H groups in total. The maximum Gasteiger partial charge on any atom is 0.227 e. The first-order valence-corrected chi connectivity index (χ1v) is 6.78. The van der Waals surface area contributed by atoms with Crippen LogP contribution in [-0.2, 0) is 11.2 Å². The fourth-order valence-electron chi connectivity index (χ4n) is 2.70. The third kappa shape index (κ3) is 3.55. The average molecular weight is 280 g/mol. The van der Waals surface area contributed by atoms with E-state index < -0.39 is 5.60 Å². The van der Waals surface area contributed by atoms with Crippen LogP contribution in [0, 0.1) is 5.82 Å². The zero-order valence-electron chi connectivity index (χ0n) is 12.0. The Bertz CT molecular complexity index is 493. The highest BCUT2D eigenvalue weighted by Gasteiger charge is 2.38. The molecule has 1 amide bonds. The van der Waals surface area contributed by atoms with Crippen LogP contribution in [0.1, 0.15) is 12.0 Å². The molecule has 0 aromatic heterocycles. The van der Waals surface area contributed by atoms with Gasteiger partial charge < -0.3 is 14.9 Å². The smallest absolute Gasteiger partial charge is 0.227 e. The lowest BCUT2D eigenvalue weighted by Crippen LogP contribution is -2.43. The van der Waals surface area contributed by atoms with E-state index >= 15 is 0 Å². The van der Waals surface area contributed by atoms with E-state index in [2.05, 4.69) is 0 Å². The Labute approximate surface area is 118 Å². The van der Waals surface area contributed by atoms with Crippen molar-refractivity contribution in [3.8, 4) is 0 Å². The fraction of sp³-hybridized carbons (Fsp3) is 0.533. The highest BCUT2D eigenvalue weighted by Crippen LogP contribution is 2.23. The summed E-state index contributed by atoms with van der Waals surface area (Å²) in [6, 6.07) is 6.30. The number of hydrogen-bond donors (Lipinski definition) is 1. The maximum absolute atomic E-state index is 13.5. The van der Waals surface area contributed by atoms with Crippen molar-refractivity contribution in [1.29, 1.82) is 0 Å². The van der Waals surface area contributed by atoms with Crippen molar-refractivity contribution in [2.75, 3.05) is 33.7 Å². The lowest BCUT2D eigenvalue weighted by molar-refractivity contribution is -0.130. The van der Waals surface area contributed by atoms with Gasteiger partial charge in [0.1, 0.15) is 5.82 Å². The Morgan fingerprint density at radius 1 is 1.45 bits per heavy atom. The summed E-state index contributed by atoms with van der Waals surface area (Å²) in [5.41, 5.74) is -0.449. The number of carbonyl (C=O) groups excluding carboxylic acids is 1. The van der Waals surface area contributed by atoms with Crippen LogP contribution in [0.3, 0.4) is 0 Å². The van der Waals surface area contributed by atoms with Gasteiger partial charge in [0.15, 0.2) is 0 Å². The van der Waals surface area contributed by atoms with Crippen molar-refractivity contribution >= 4 is 5.91 Å². The number of carbonyl (C=O) groups is 1. The fourth-order valence-corrected chi connectivity index (χ4v) is 2.70. The molecule has 5 heteroatoms. The monoisotopic (exact) mass is 280 g/mol. The zero-order chi connectivity index (χ0) is 14.8. The molecule has 1 aromatic carbocycles. The second-order valence-corrected chi connectivity index (χ2v) is 5.80. The number of halogens is 1. The largest absolute Gasteiger partial charge is 0.387 e. The molecule has 1 atom stereocenters. The van der Waals surface area contributed by atoms with E-state index in [-0.39, 0.29) is 18.1 Å². The quantitative estimate of drug-likeness (QED) is 0.891. The minimum atomic E-state index is -0.853. The number of likely N-dealkylation sites (tertiary alicyclic amines) is 1.